The Morgan fingerprint density at radius 2 is 2.05 bits per heavy atom. The monoisotopic (exact) mass is 533 g/mol. The van der Waals surface area contributed by atoms with E-state index in [9.17, 15) is 9.18 Å². The number of ether oxygens (including phenoxy) is 2. The molecular weight excluding hydrogens is 501 g/mol. The number of aromatic nitrogens is 4. The van der Waals surface area contributed by atoms with Crippen molar-refractivity contribution < 1.29 is 18.7 Å². The number of anilines is 2. The van der Waals surface area contributed by atoms with Crippen molar-refractivity contribution in [1.29, 1.82) is 0 Å². The van der Waals surface area contributed by atoms with Crippen LogP contribution >= 0.6 is 0 Å². The first-order valence-corrected chi connectivity index (χ1v) is 13.4. The van der Waals surface area contributed by atoms with Crippen LogP contribution in [-0.2, 0) is 4.74 Å². The number of pyridine rings is 1. The SMILES string of the molecule is Cc1cn2cc(NC(=O)c3ccc(N4C[C@H](C)N[C@@H](C)C4)c4cnc(OCC5CCCO5)nc34)cc(F)c2n1. The summed E-state index contributed by atoms with van der Waals surface area (Å²) in [6.45, 7) is 8.79. The Morgan fingerprint density at radius 1 is 1.23 bits per heavy atom. The molecule has 2 N–H and O–H groups in total. The third-order valence-electron chi connectivity index (χ3n) is 7.16. The maximum absolute atomic E-state index is 14.7. The molecule has 2 aliphatic rings. The summed E-state index contributed by atoms with van der Waals surface area (Å²) in [6.07, 6.45) is 7.02. The summed E-state index contributed by atoms with van der Waals surface area (Å²) in [5.74, 6) is -0.928. The molecule has 1 unspecified atom stereocenters. The van der Waals surface area contributed by atoms with E-state index in [1.54, 1.807) is 36.0 Å². The third-order valence-corrected chi connectivity index (χ3v) is 7.16. The molecule has 3 atom stereocenters. The van der Waals surface area contributed by atoms with Gasteiger partial charge in [-0.1, -0.05) is 0 Å². The number of aryl methyl sites for hydroxylation is 1. The number of imidazole rings is 1. The van der Waals surface area contributed by atoms with Gasteiger partial charge in [0.15, 0.2) is 11.5 Å². The van der Waals surface area contributed by atoms with Crippen LogP contribution in [0, 0.1) is 12.7 Å². The molecule has 2 aliphatic heterocycles. The molecular formula is C28H32FN7O3. The second kappa shape index (κ2) is 10.4. The van der Waals surface area contributed by atoms with E-state index in [2.05, 4.69) is 44.3 Å². The minimum absolute atomic E-state index is 0.0128. The zero-order valence-corrected chi connectivity index (χ0v) is 22.3. The number of fused-ring (bicyclic) bond motifs is 2. The molecule has 2 fully saturated rings. The maximum Gasteiger partial charge on any atom is 0.317 e. The molecule has 0 spiro atoms. The van der Waals surface area contributed by atoms with Gasteiger partial charge in [-0.05, 0) is 45.7 Å². The van der Waals surface area contributed by atoms with Crippen molar-refractivity contribution >= 4 is 33.8 Å². The summed E-state index contributed by atoms with van der Waals surface area (Å²) < 4.78 is 27.8. The summed E-state index contributed by atoms with van der Waals surface area (Å²) in [6, 6.07) is 5.76. The van der Waals surface area contributed by atoms with Crippen LogP contribution in [0.3, 0.4) is 0 Å². The highest BCUT2D eigenvalue weighted by Crippen LogP contribution is 2.31. The van der Waals surface area contributed by atoms with Crippen molar-refractivity contribution in [1.82, 2.24) is 24.7 Å². The van der Waals surface area contributed by atoms with Gasteiger partial charge in [0.25, 0.3) is 5.91 Å². The van der Waals surface area contributed by atoms with E-state index < -0.39 is 11.7 Å². The van der Waals surface area contributed by atoms with E-state index in [0.717, 1.165) is 43.6 Å². The predicted octanol–water partition coefficient (Wildman–Crippen LogP) is 3.72. The van der Waals surface area contributed by atoms with Gasteiger partial charge >= 0.3 is 6.01 Å². The molecule has 2 saturated heterocycles. The van der Waals surface area contributed by atoms with Gasteiger partial charge < -0.3 is 29.4 Å². The average Bonchev–Trinajstić information content (AvgIpc) is 3.55. The fraction of sp³-hybridized carbons (Fsp3) is 0.429. The fourth-order valence-electron chi connectivity index (χ4n) is 5.53. The maximum atomic E-state index is 14.7. The van der Waals surface area contributed by atoms with Crippen LogP contribution in [-0.4, -0.2) is 69.8 Å². The number of carbonyl (C=O) groups is 1. The van der Waals surface area contributed by atoms with E-state index in [4.69, 9.17) is 9.47 Å². The molecule has 204 valence electrons. The number of nitrogens with one attached hydrogen (secondary N) is 2. The van der Waals surface area contributed by atoms with Gasteiger partial charge in [0.2, 0.25) is 0 Å². The van der Waals surface area contributed by atoms with Crippen LogP contribution in [0.4, 0.5) is 15.8 Å². The number of rotatable bonds is 6. The number of benzene rings is 1. The average molecular weight is 534 g/mol. The molecule has 39 heavy (non-hydrogen) atoms. The lowest BCUT2D eigenvalue weighted by molar-refractivity contribution is 0.0646. The van der Waals surface area contributed by atoms with Gasteiger partial charge in [0.05, 0.1) is 28.6 Å². The van der Waals surface area contributed by atoms with E-state index in [1.807, 2.05) is 6.07 Å². The van der Waals surface area contributed by atoms with Crippen molar-refractivity contribution in [2.24, 2.45) is 0 Å². The smallest absolute Gasteiger partial charge is 0.317 e. The highest BCUT2D eigenvalue weighted by molar-refractivity contribution is 6.13. The van der Waals surface area contributed by atoms with Gasteiger partial charge in [-0.25, -0.2) is 14.4 Å². The van der Waals surface area contributed by atoms with Crippen molar-refractivity contribution in [3.63, 3.8) is 0 Å². The van der Waals surface area contributed by atoms with Crippen LogP contribution in [0.5, 0.6) is 6.01 Å². The van der Waals surface area contributed by atoms with Crippen LogP contribution in [0.25, 0.3) is 16.6 Å². The summed E-state index contributed by atoms with van der Waals surface area (Å²) in [7, 11) is 0. The molecule has 0 radical (unpaired) electrons. The zero-order valence-electron chi connectivity index (χ0n) is 22.3. The molecule has 0 aliphatic carbocycles. The Bertz CT molecular complexity index is 1520. The lowest BCUT2D eigenvalue weighted by Crippen LogP contribution is -2.54. The summed E-state index contributed by atoms with van der Waals surface area (Å²) in [5.41, 5.74) is 2.98. The van der Waals surface area contributed by atoms with Gasteiger partial charge in [0, 0.05) is 67.5 Å². The van der Waals surface area contributed by atoms with Gasteiger partial charge in [-0.2, -0.15) is 4.98 Å². The van der Waals surface area contributed by atoms with Crippen molar-refractivity contribution in [2.45, 2.75) is 51.8 Å². The second-order valence-electron chi connectivity index (χ2n) is 10.5. The standard InChI is InChI=1S/C28H32FN7O3/c1-16-11-35(12-17(2)31-16)24-7-6-21(25-22(24)10-30-28(34-25)39-15-20-5-4-8-38-20)27(37)33-19-9-23(29)26-32-18(3)13-36(26)14-19/h6-7,9-10,13-14,16-17,20,31H,4-5,8,11-12,15H2,1-3H3,(H,33,37)/t16-,17-,20?/m0/s1. The van der Waals surface area contributed by atoms with E-state index in [1.165, 1.54) is 6.07 Å². The predicted molar refractivity (Wildman–Crippen MR) is 146 cm³/mol. The fourth-order valence-corrected chi connectivity index (χ4v) is 5.53. The first kappa shape index (κ1) is 25.4. The van der Waals surface area contributed by atoms with Crippen LogP contribution in [0.15, 0.2) is 36.8 Å². The van der Waals surface area contributed by atoms with Crippen LogP contribution < -0.4 is 20.3 Å². The topological polar surface area (TPSA) is 106 Å². The first-order chi connectivity index (χ1) is 18.8. The Labute approximate surface area is 225 Å². The lowest BCUT2D eigenvalue weighted by Gasteiger charge is -2.38. The van der Waals surface area contributed by atoms with Gasteiger partial charge in [-0.15, -0.1) is 0 Å². The zero-order chi connectivity index (χ0) is 27.1. The lowest BCUT2D eigenvalue weighted by atomic mass is 10.0. The molecule has 6 rings (SSSR count). The van der Waals surface area contributed by atoms with Crippen LogP contribution in [0.1, 0.15) is 42.7 Å². The van der Waals surface area contributed by atoms with E-state index >= 15 is 0 Å². The first-order valence-electron chi connectivity index (χ1n) is 13.4. The molecule has 11 heteroatoms. The highest BCUT2D eigenvalue weighted by atomic mass is 19.1. The third kappa shape index (κ3) is 5.24. The van der Waals surface area contributed by atoms with E-state index in [0.29, 0.717) is 41.2 Å². The minimum Gasteiger partial charge on any atom is -0.461 e. The summed E-state index contributed by atoms with van der Waals surface area (Å²) in [4.78, 5) is 29.2. The largest absolute Gasteiger partial charge is 0.461 e. The number of nitrogens with zero attached hydrogens (tertiary/aromatic N) is 5. The van der Waals surface area contributed by atoms with Crippen LogP contribution in [0.2, 0.25) is 0 Å². The summed E-state index contributed by atoms with van der Waals surface area (Å²) in [5, 5.41) is 7.13. The van der Waals surface area contributed by atoms with Crippen molar-refractivity contribution in [2.75, 3.05) is 36.5 Å². The van der Waals surface area contributed by atoms with Crippen molar-refractivity contribution in [3.8, 4) is 6.01 Å². The molecule has 0 saturated carbocycles. The summed E-state index contributed by atoms with van der Waals surface area (Å²) >= 11 is 0. The number of hydrogen-bond acceptors (Lipinski definition) is 8. The Hall–Kier alpha value is -3.83. The Balaban J connectivity index is 1.36. The second-order valence-corrected chi connectivity index (χ2v) is 10.5. The van der Waals surface area contributed by atoms with Crippen molar-refractivity contribution in [3.05, 3.63) is 53.9 Å². The Kier molecular flexibility index (Phi) is 6.78. The molecule has 1 amide bonds. The normalized spacial score (nSPS) is 21.5. The number of halogens is 1. The highest BCUT2D eigenvalue weighted by Gasteiger charge is 2.25. The quantitative estimate of drug-likeness (QED) is 0.386. The van der Waals surface area contributed by atoms with Gasteiger partial charge in [0.1, 0.15) is 6.61 Å². The number of hydrogen-bond donors (Lipinski definition) is 2. The Morgan fingerprint density at radius 3 is 2.82 bits per heavy atom. The molecule has 4 aromatic rings. The number of carbonyl (C=O) groups excluding carboxylic acids is 1. The number of amides is 1. The molecule has 1 aromatic carbocycles. The molecule has 10 nitrogen and oxygen atoms in total. The van der Waals surface area contributed by atoms with E-state index in [-0.39, 0.29) is 17.8 Å². The molecule has 3 aromatic heterocycles. The molecule has 0 bridgehead atoms. The minimum atomic E-state index is -0.518. The molecule has 5 heterocycles. The number of piperazine rings is 1. The van der Waals surface area contributed by atoms with Gasteiger partial charge in [-0.3, -0.25) is 4.79 Å².